The number of hydrogen-bond acceptors (Lipinski definition) is 8. The minimum atomic E-state index is -4.68. The quantitative estimate of drug-likeness (QED) is 0.247. The third kappa shape index (κ3) is 7.53. The first-order valence-corrected chi connectivity index (χ1v) is 14.4. The SMILES string of the molecule is O=C(C=Cc1ccccc1C(=O)O[C@@H]1CC(C(=O)NCCO)=C[C@H]2OC(c3ccccc3)(c3ccccc3)O[C@H]21)OCC(F)(F)F. The van der Waals surface area contributed by atoms with Crippen molar-refractivity contribution in [3.05, 3.63) is 125 Å². The predicted octanol–water partition coefficient (Wildman–Crippen LogP) is 4.45. The van der Waals surface area contributed by atoms with Crippen molar-refractivity contribution in [2.24, 2.45) is 0 Å². The zero-order valence-electron chi connectivity index (χ0n) is 24.3. The highest BCUT2D eigenvalue weighted by Gasteiger charge is 2.55. The standard InChI is InChI=1S/C34H30F3NO8/c35-33(36,37)21-43-29(40)16-15-22-9-7-8-14-26(22)32(42)44-27-19-23(31(41)38-17-18-39)20-28-30(27)46-34(45-28,24-10-3-1-4-11-24)25-12-5-2-6-13-25/h1-16,20,27-28,30,39H,17-19,21H2,(H,38,41)/t27-,28-,30+/m1/s1. The average Bonchev–Trinajstić information content (AvgIpc) is 3.47. The molecule has 1 heterocycles. The van der Waals surface area contributed by atoms with E-state index in [0.717, 1.165) is 12.2 Å². The Labute approximate surface area is 262 Å². The number of amides is 1. The maximum absolute atomic E-state index is 13.6. The van der Waals surface area contributed by atoms with E-state index in [9.17, 15) is 32.7 Å². The molecule has 0 spiro atoms. The van der Waals surface area contributed by atoms with Crippen molar-refractivity contribution in [3.8, 4) is 0 Å². The first-order valence-electron chi connectivity index (χ1n) is 14.4. The Morgan fingerprint density at radius 1 is 0.935 bits per heavy atom. The number of halogens is 3. The second-order valence-corrected chi connectivity index (χ2v) is 10.5. The lowest BCUT2D eigenvalue weighted by Gasteiger charge is -2.31. The fourth-order valence-corrected chi connectivity index (χ4v) is 5.26. The molecule has 5 rings (SSSR count). The largest absolute Gasteiger partial charge is 0.456 e. The highest BCUT2D eigenvalue weighted by atomic mass is 19.4. The zero-order valence-corrected chi connectivity index (χ0v) is 24.3. The summed E-state index contributed by atoms with van der Waals surface area (Å²) in [5, 5.41) is 11.8. The summed E-state index contributed by atoms with van der Waals surface area (Å²) in [5.74, 6) is -3.96. The highest BCUT2D eigenvalue weighted by Crippen LogP contribution is 2.47. The van der Waals surface area contributed by atoms with Gasteiger partial charge in [0.25, 0.3) is 0 Å². The number of ether oxygens (including phenoxy) is 4. The Morgan fingerprint density at radius 2 is 1.57 bits per heavy atom. The molecule has 3 aromatic rings. The molecule has 9 nitrogen and oxygen atoms in total. The lowest BCUT2D eigenvalue weighted by molar-refractivity contribution is -0.182. The van der Waals surface area contributed by atoms with E-state index < -0.39 is 54.7 Å². The minimum absolute atomic E-state index is 0.00909. The third-order valence-corrected chi connectivity index (χ3v) is 7.29. The summed E-state index contributed by atoms with van der Waals surface area (Å²) in [7, 11) is 0. The molecular weight excluding hydrogens is 607 g/mol. The summed E-state index contributed by atoms with van der Waals surface area (Å²) in [4.78, 5) is 38.5. The summed E-state index contributed by atoms with van der Waals surface area (Å²) < 4.78 is 60.7. The topological polar surface area (TPSA) is 120 Å². The van der Waals surface area contributed by atoms with Crippen molar-refractivity contribution in [2.75, 3.05) is 19.8 Å². The molecule has 240 valence electrons. The summed E-state index contributed by atoms with van der Waals surface area (Å²) in [6.07, 6.45) is -3.90. The molecule has 1 aliphatic carbocycles. The number of rotatable bonds is 10. The second-order valence-electron chi connectivity index (χ2n) is 10.5. The van der Waals surface area contributed by atoms with Crippen LogP contribution in [0.5, 0.6) is 0 Å². The molecule has 12 heteroatoms. The zero-order chi connectivity index (χ0) is 32.7. The van der Waals surface area contributed by atoms with E-state index in [2.05, 4.69) is 10.1 Å². The average molecular weight is 638 g/mol. The van der Waals surface area contributed by atoms with E-state index in [4.69, 9.17) is 14.2 Å². The van der Waals surface area contributed by atoms with E-state index in [-0.39, 0.29) is 36.3 Å². The Hall–Kier alpha value is -4.78. The Balaban J connectivity index is 1.45. The van der Waals surface area contributed by atoms with Crippen LogP contribution in [0.25, 0.3) is 6.08 Å². The number of fused-ring (bicyclic) bond motifs is 1. The molecule has 3 atom stereocenters. The molecule has 46 heavy (non-hydrogen) atoms. The van der Waals surface area contributed by atoms with Crippen LogP contribution in [0.1, 0.15) is 33.5 Å². The number of carbonyl (C=O) groups is 3. The van der Waals surface area contributed by atoms with Crippen LogP contribution >= 0.6 is 0 Å². The van der Waals surface area contributed by atoms with Crippen molar-refractivity contribution in [1.82, 2.24) is 5.32 Å². The van der Waals surface area contributed by atoms with Crippen LogP contribution in [0, 0.1) is 0 Å². The Kier molecular flexibility index (Phi) is 10.0. The van der Waals surface area contributed by atoms with Gasteiger partial charge in [-0.3, -0.25) is 4.79 Å². The monoisotopic (exact) mass is 637 g/mol. The molecule has 1 fully saturated rings. The molecule has 1 aliphatic heterocycles. The molecule has 3 aromatic carbocycles. The van der Waals surface area contributed by atoms with Crippen LogP contribution < -0.4 is 5.32 Å². The third-order valence-electron chi connectivity index (χ3n) is 7.29. The van der Waals surface area contributed by atoms with Gasteiger partial charge in [0.05, 0.1) is 12.2 Å². The van der Waals surface area contributed by atoms with Gasteiger partial charge in [0.2, 0.25) is 11.7 Å². The number of aliphatic hydroxyl groups excluding tert-OH is 1. The number of carbonyl (C=O) groups excluding carboxylic acids is 3. The fraction of sp³-hybridized carbons (Fsp3) is 0.265. The van der Waals surface area contributed by atoms with E-state index in [1.165, 1.54) is 12.1 Å². The van der Waals surface area contributed by atoms with E-state index >= 15 is 0 Å². The summed E-state index contributed by atoms with van der Waals surface area (Å²) in [6.45, 7) is -2.02. The van der Waals surface area contributed by atoms with Gasteiger partial charge in [0, 0.05) is 35.7 Å². The molecule has 2 aliphatic rings. The number of alkyl halides is 3. The summed E-state index contributed by atoms with van der Waals surface area (Å²) in [5.41, 5.74) is 1.80. The number of nitrogens with one attached hydrogen (secondary N) is 1. The molecule has 1 amide bonds. The van der Waals surface area contributed by atoms with Crippen molar-refractivity contribution in [1.29, 1.82) is 0 Å². The summed E-state index contributed by atoms with van der Waals surface area (Å²) in [6, 6.07) is 24.4. The number of hydrogen-bond donors (Lipinski definition) is 2. The number of aliphatic hydroxyl groups is 1. The van der Waals surface area contributed by atoms with Gasteiger partial charge in [0.15, 0.2) is 6.61 Å². The molecule has 0 saturated carbocycles. The molecule has 1 saturated heterocycles. The van der Waals surface area contributed by atoms with Gasteiger partial charge >= 0.3 is 18.1 Å². The van der Waals surface area contributed by atoms with Crippen LogP contribution in [-0.2, 0) is 34.3 Å². The maximum Gasteiger partial charge on any atom is 0.422 e. The van der Waals surface area contributed by atoms with Gasteiger partial charge in [-0.15, -0.1) is 0 Å². The van der Waals surface area contributed by atoms with Crippen molar-refractivity contribution in [2.45, 2.75) is 36.7 Å². The van der Waals surface area contributed by atoms with Gasteiger partial charge < -0.3 is 29.4 Å². The highest BCUT2D eigenvalue weighted by molar-refractivity contribution is 5.96. The van der Waals surface area contributed by atoms with Gasteiger partial charge in [-0.25, -0.2) is 9.59 Å². The predicted molar refractivity (Wildman–Crippen MR) is 158 cm³/mol. The van der Waals surface area contributed by atoms with Crippen LogP contribution in [-0.4, -0.2) is 67.2 Å². The number of esters is 2. The van der Waals surface area contributed by atoms with Gasteiger partial charge in [-0.2, -0.15) is 13.2 Å². The van der Waals surface area contributed by atoms with Crippen LogP contribution in [0.2, 0.25) is 0 Å². The van der Waals surface area contributed by atoms with E-state index in [1.807, 2.05) is 60.7 Å². The molecule has 0 bridgehead atoms. The van der Waals surface area contributed by atoms with Crippen LogP contribution in [0.4, 0.5) is 13.2 Å². The van der Waals surface area contributed by atoms with Crippen LogP contribution in [0.15, 0.2) is 103 Å². The number of benzene rings is 3. The molecule has 0 unspecified atom stereocenters. The Morgan fingerprint density at radius 3 is 2.20 bits per heavy atom. The second kappa shape index (κ2) is 14.1. The maximum atomic E-state index is 13.6. The Bertz CT molecular complexity index is 1570. The molecular formula is C34H30F3NO8. The van der Waals surface area contributed by atoms with E-state index in [0.29, 0.717) is 11.1 Å². The van der Waals surface area contributed by atoms with Gasteiger partial charge in [0.1, 0.15) is 18.3 Å². The first kappa shape index (κ1) is 32.6. The fourth-order valence-electron chi connectivity index (χ4n) is 5.26. The molecule has 2 N–H and O–H groups in total. The first-order chi connectivity index (χ1) is 22.1. The minimum Gasteiger partial charge on any atom is -0.456 e. The van der Waals surface area contributed by atoms with Crippen molar-refractivity contribution < 1.29 is 51.6 Å². The van der Waals surface area contributed by atoms with E-state index in [1.54, 1.807) is 18.2 Å². The lowest BCUT2D eigenvalue weighted by atomic mass is 9.91. The smallest absolute Gasteiger partial charge is 0.422 e. The molecule has 0 radical (unpaired) electrons. The van der Waals surface area contributed by atoms with Crippen molar-refractivity contribution in [3.63, 3.8) is 0 Å². The van der Waals surface area contributed by atoms with Crippen molar-refractivity contribution >= 4 is 23.9 Å². The normalized spacial score (nSPS) is 20.4. The summed E-state index contributed by atoms with van der Waals surface area (Å²) >= 11 is 0. The molecule has 0 aromatic heterocycles. The van der Waals surface area contributed by atoms with Gasteiger partial charge in [-0.1, -0.05) is 78.9 Å². The lowest BCUT2D eigenvalue weighted by Crippen LogP contribution is -2.43. The van der Waals surface area contributed by atoms with Crippen LogP contribution in [0.3, 0.4) is 0 Å². The van der Waals surface area contributed by atoms with Gasteiger partial charge in [-0.05, 0) is 23.8 Å².